The molecule has 0 aliphatic carbocycles. The minimum Gasteiger partial charge on any atom is -0.463 e. The van der Waals surface area contributed by atoms with Crippen LogP contribution in [0.25, 0.3) is 6.08 Å². The lowest BCUT2D eigenvalue weighted by molar-refractivity contribution is -0.137. The summed E-state index contributed by atoms with van der Waals surface area (Å²) in [5.74, 6) is 6.16. The molecular weight excluding hydrogens is 308 g/mol. The van der Waals surface area contributed by atoms with Gasteiger partial charge in [-0.25, -0.2) is 4.79 Å². The molecule has 0 N–H and O–H groups in total. The Bertz CT molecular complexity index is 575. The van der Waals surface area contributed by atoms with E-state index in [1.807, 2.05) is 24.3 Å². The Morgan fingerprint density at radius 3 is 2.48 bits per heavy atom. The molecule has 0 radical (unpaired) electrons. The van der Waals surface area contributed by atoms with E-state index in [2.05, 4.69) is 18.8 Å². The Labute approximate surface area is 153 Å². The van der Waals surface area contributed by atoms with Crippen LogP contribution >= 0.6 is 0 Å². The molecule has 0 amide bonds. The molecule has 0 fully saturated rings. The van der Waals surface area contributed by atoms with Gasteiger partial charge in [0.15, 0.2) is 0 Å². The lowest BCUT2D eigenvalue weighted by Gasteiger charge is -1.99. The van der Waals surface area contributed by atoms with Gasteiger partial charge in [-0.1, -0.05) is 75.8 Å². The summed E-state index contributed by atoms with van der Waals surface area (Å²) in [6.45, 7) is 4.45. The van der Waals surface area contributed by atoms with Crippen LogP contribution in [0.2, 0.25) is 0 Å². The summed E-state index contributed by atoms with van der Waals surface area (Å²) >= 11 is 0. The van der Waals surface area contributed by atoms with E-state index in [0.717, 1.165) is 17.5 Å². The van der Waals surface area contributed by atoms with Gasteiger partial charge in [0, 0.05) is 18.1 Å². The van der Waals surface area contributed by atoms with E-state index in [4.69, 9.17) is 4.74 Å². The molecule has 0 saturated heterocycles. The smallest absolute Gasteiger partial charge is 0.330 e. The van der Waals surface area contributed by atoms with E-state index in [9.17, 15) is 4.79 Å². The Morgan fingerprint density at radius 2 is 1.76 bits per heavy atom. The molecule has 0 aromatic heterocycles. The summed E-state index contributed by atoms with van der Waals surface area (Å²) in [6, 6.07) is 7.92. The number of rotatable bonds is 11. The summed E-state index contributed by atoms with van der Waals surface area (Å²) in [4.78, 5) is 11.3. The maximum Gasteiger partial charge on any atom is 0.330 e. The van der Waals surface area contributed by atoms with Crippen LogP contribution in [0, 0.1) is 11.8 Å². The van der Waals surface area contributed by atoms with E-state index in [1.54, 1.807) is 13.0 Å². The molecule has 0 spiro atoms. The van der Waals surface area contributed by atoms with Crippen molar-refractivity contribution in [2.24, 2.45) is 0 Å². The van der Waals surface area contributed by atoms with E-state index in [1.165, 1.54) is 57.4 Å². The number of carbonyl (C=O) groups is 1. The zero-order chi connectivity index (χ0) is 18.2. The highest BCUT2D eigenvalue weighted by atomic mass is 16.5. The number of unbranched alkanes of at least 4 members (excludes halogenated alkanes) is 8. The first kappa shape index (κ1) is 21.0. The lowest BCUT2D eigenvalue weighted by atomic mass is 10.1. The topological polar surface area (TPSA) is 26.3 Å². The number of carbonyl (C=O) groups excluding carboxylic acids is 1. The van der Waals surface area contributed by atoms with Crippen LogP contribution in [0.5, 0.6) is 0 Å². The minimum absolute atomic E-state index is 0.311. The predicted molar refractivity (Wildman–Crippen MR) is 106 cm³/mol. The number of hydrogen-bond donors (Lipinski definition) is 0. The van der Waals surface area contributed by atoms with Crippen LogP contribution in [-0.4, -0.2) is 12.6 Å². The Hall–Kier alpha value is -2.01. The highest BCUT2D eigenvalue weighted by Crippen LogP contribution is 2.10. The van der Waals surface area contributed by atoms with Gasteiger partial charge in [0.1, 0.15) is 0 Å². The van der Waals surface area contributed by atoms with E-state index < -0.39 is 0 Å². The van der Waals surface area contributed by atoms with Crippen LogP contribution in [-0.2, 0) is 9.53 Å². The summed E-state index contributed by atoms with van der Waals surface area (Å²) < 4.78 is 4.88. The zero-order valence-electron chi connectivity index (χ0n) is 15.9. The molecule has 1 aromatic carbocycles. The quantitative estimate of drug-likeness (QED) is 0.209. The van der Waals surface area contributed by atoms with Gasteiger partial charge in [-0.05, 0) is 37.1 Å². The van der Waals surface area contributed by atoms with Crippen LogP contribution in [0.4, 0.5) is 0 Å². The van der Waals surface area contributed by atoms with Gasteiger partial charge in [0.2, 0.25) is 0 Å². The number of hydrogen-bond acceptors (Lipinski definition) is 2. The molecule has 25 heavy (non-hydrogen) atoms. The first-order valence-electron chi connectivity index (χ1n) is 9.70. The van der Waals surface area contributed by atoms with Crippen molar-refractivity contribution in [2.45, 2.75) is 71.6 Å². The molecule has 2 heteroatoms. The molecule has 0 heterocycles. The van der Waals surface area contributed by atoms with Gasteiger partial charge < -0.3 is 4.74 Å². The normalized spacial score (nSPS) is 10.5. The molecule has 136 valence electrons. The maximum atomic E-state index is 11.3. The first-order valence-corrected chi connectivity index (χ1v) is 9.70. The molecule has 1 rings (SSSR count). The fraction of sp³-hybridized carbons (Fsp3) is 0.522. The average Bonchev–Trinajstić information content (AvgIpc) is 2.62. The Kier molecular flexibility index (Phi) is 12.1. The lowest BCUT2D eigenvalue weighted by Crippen LogP contribution is -1.98. The molecule has 1 aromatic rings. The summed E-state index contributed by atoms with van der Waals surface area (Å²) in [7, 11) is 0. The second-order valence-electron chi connectivity index (χ2n) is 6.24. The van der Waals surface area contributed by atoms with Crippen molar-refractivity contribution in [1.82, 2.24) is 0 Å². The van der Waals surface area contributed by atoms with E-state index in [-0.39, 0.29) is 5.97 Å². The van der Waals surface area contributed by atoms with Crippen molar-refractivity contribution < 1.29 is 9.53 Å². The van der Waals surface area contributed by atoms with Gasteiger partial charge in [0.05, 0.1) is 6.61 Å². The molecule has 0 aliphatic heterocycles. The third-order valence-corrected chi connectivity index (χ3v) is 3.97. The molecule has 0 unspecified atom stereocenters. The zero-order valence-corrected chi connectivity index (χ0v) is 15.9. The van der Waals surface area contributed by atoms with Crippen molar-refractivity contribution in [3.05, 3.63) is 41.5 Å². The fourth-order valence-corrected chi connectivity index (χ4v) is 2.59. The minimum atomic E-state index is -0.311. The number of ether oxygens (including phenoxy) is 1. The van der Waals surface area contributed by atoms with Crippen molar-refractivity contribution in [3.63, 3.8) is 0 Å². The highest BCUT2D eigenvalue weighted by Gasteiger charge is 1.95. The fourth-order valence-electron chi connectivity index (χ4n) is 2.59. The number of benzene rings is 1. The third kappa shape index (κ3) is 11.2. The SMILES string of the molecule is CCCCCCCCCCC#Cc1cccc(/C=C/C(=O)OCC)c1. The van der Waals surface area contributed by atoms with Crippen LogP contribution in [0.15, 0.2) is 30.3 Å². The highest BCUT2D eigenvalue weighted by molar-refractivity contribution is 5.87. The third-order valence-electron chi connectivity index (χ3n) is 3.97. The van der Waals surface area contributed by atoms with Gasteiger partial charge in [-0.3, -0.25) is 0 Å². The first-order chi connectivity index (χ1) is 12.3. The van der Waals surface area contributed by atoms with E-state index in [0.29, 0.717) is 6.61 Å². The average molecular weight is 341 g/mol. The molecular formula is C23H32O2. The predicted octanol–water partition coefficient (Wildman–Crippen LogP) is 6.15. The molecule has 0 bridgehead atoms. The Balaban J connectivity index is 2.28. The van der Waals surface area contributed by atoms with Crippen molar-refractivity contribution in [1.29, 1.82) is 0 Å². The van der Waals surface area contributed by atoms with Gasteiger partial charge in [0.25, 0.3) is 0 Å². The van der Waals surface area contributed by atoms with Gasteiger partial charge in [-0.15, -0.1) is 0 Å². The largest absolute Gasteiger partial charge is 0.463 e. The molecule has 0 aliphatic rings. The van der Waals surface area contributed by atoms with Gasteiger partial charge in [-0.2, -0.15) is 0 Å². The van der Waals surface area contributed by atoms with Crippen LogP contribution < -0.4 is 0 Å². The Morgan fingerprint density at radius 1 is 1.04 bits per heavy atom. The van der Waals surface area contributed by atoms with Crippen molar-refractivity contribution in [2.75, 3.05) is 6.61 Å². The summed E-state index contributed by atoms with van der Waals surface area (Å²) in [5.41, 5.74) is 1.96. The van der Waals surface area contributed by atoms with Crippen molar-refractivity contribution in [3.8, 4) is 11.8 Å². The molecule has 0 atom stereocenters. The molecule has 0 saturated carbocycles. The monoisotopic (exact) mass is 340 g/mol. The summed E-state index contributed by atoms with van der Waals surface area (Å²) in [6.07, 6.45) is 14.8. The molecule has 2 nitrogen and oxygen atoms in total. The summed E-state index contributed by atoms with van der Waals surface area (Å²) in [5, 5.41) is 0. The second-order valence-corrected chi connectivity index (χ2v) is 6.24. The van der Waals surface area contributed by atoms with Crippen LogP contribution in [0.3, 0.4) is 0 Å². The maximum absolute atomic E-state index is 11.3. The van der Waals surface area contributed by atoms with Crippen molar-refractivity contribution >= 4 is 12.0 Å². The standard InChI is InChI=1S/C23H32O2/c1-3-5-6-7-8-9-10-11-12-13-15-21-16-14-17-22(20-21)18-19-23(24)25-4-2/h14,16-20H,3-12H2,1-2H3/b19-18+. The van der Waals surface area contributed by atoms with Crippen LogP contribution in [0.1, 0.15) is 82.8 Å². The van der Waals surface area contributed by atoms with Gasteiger partial charge >= 0.3 is 5.97 Å². The second kappa shape index (κ2) is 14.3. The number of esters is 1. The van der Waals surface area contributed by atoms with E-state index >= 15 is 0 Å².